The number of aromatic nitrogens is 3. The lowest BCUT2D eigenvalue weighted by atomic mass is 9.84. The van der Waals surface area contributed by atoms with Crippen molar-refractivity contribution in [2.24, 2.45) is 5.92 Å². The quantitative estimate of drug-likeness (QED) is 0.342. The molecule has 37 heavy (non-hydrogen) atoms. The van der Waals surface area contributed by atoms with E-state index in [4.69, 9.17) is 6.57 Å². The second-order valence-corrected chi connectivity index (χ2v) is 10.2. The number of nitrogens with zero attached hydrogens (tertiary/aromatic N) is 4. The van der Waals surface area contributed by atoms with Crippen LogP contribution in [0.5, 0.6) is 0 Å². The maximum Gasteiger partial charge on any atom is 0.243 e. The van der Waals surface area contributed by atoms with Crippen molar-refractivity contribution in [2.75, 3.05) is 17.7 Å². The number of hydrogen-bond donors (Lipinski definition) is 3. The molecule has 2 heterocycles. The van der Waals surface area contributed by atoms with Crippen molar-refractivity contribution in [1.29, 1.82) is 0 Å². The number of carbonyl (C=O) groups is 1. The fourth-order valence-corrected chi connectivity index (χ4v) is 5.70. The van der Waals surface area contributed by atoms with Gasteiger partial charge in [0.1, 0.15) is 17.7 Å². The number of nitrogens with one attached hydrogen (secondary N) is 3. The Balaban J connectivity index is 1.39. The Bertz CT molecular complexity index is 1260. The van der Waals surface area contributed by atoms with E-state index < -0.39 is 6.04 Å². The van der Waals surface area contributed by atoms with Gasteiger partial charge in [-0.2, -0.15) is 9.97 Å². The first-order chi connectivity index (χ1) is 18.1. The van der Waals surface area contributed by atoms with Crippen molar-refractivity contribution in [3.05, 3.63) is 71.3 Å². The highest BCUT2D eigenvalue weighted by atomic mass is 16.2. The number of aryl methyl sites for hydroxylation is 1. The first-order valence-corrected chi connectivity index (χ1v) is 13.4. The molecule has 1 unspecified atom stereocenters. The second kappa shape index (κ2) is 11.5. The van der Waals surface area contributed by atoms with Gasteiger partial charge in [0.2, 0.25) is 11.9 Å². The average Bonchev–Trinajstić information content (AvgIpc) is 3.48. The molecule has 2 aliphatic carbocycles. The minimum Gasteiger partial charge on any atom is -0.358 e. The first-order valence-electron chi connectivity index (χ1n) is 13.4. The van der Waals surface area contributed by atoms with Crippen LogP contribution in [0.15, 0.2) is 48.8 Å². The Morgan fingerprint density at radius 1 is 1.11 bits per heavy atom. The summed E-state index contributed by atoms with van der Waals surface area (Å²) in [5, 5.41) is 9.87. The van der Waals surface area contributed by atoms with Gasteiger partial charge in [-0.05, 0) is 49.3 Å². The number of amides is 1. The van der Waals surface area contributed by atoms with Crippen molar-refractivity contribution in [3.63, 3.8) is 0 Å². The summed E-state index contributed by atoms with van der Waals surface area (Å²) in [6, 6.07) is 11.2. The standard InChI is InChI=1S/C29H35N7O/c1-30-22-13-14-23-21(18-22)11-8-12-24(23)33-28(37)25(17-20-9-4-3-5-10-20)32-26-19-27(35-29(31-2)34-26)36-15-6-7-16-36/h6-7,13-16,18-20,24-25H,3-5,8-12,17H2,2H3,(H,33,37)(H2,31,32,34,35)/t24-,25?/m1/s1. The molecule has 0 radical (unpaired) electrons. The summed E-state index contributed by atoms with van der Waals surface area (Å²) in [6.07, 6.45) is 13.6. The van der Waals surface area contributed by atoms with Gasteiger partial charge in [-0.15, -0.1) is 0 Å². The molecular formula is C29H35N7O. The Kier molecular flexibility index (Phi) is 7.69. The Morgan fingerprint density at radius 3 is 2.68 bits per heavy atom. The summed E-state index contributed by atoms with van der Waals surface area (Å²) in [5.41, 5.74) is 2.97. The summed E-state index contributed by atoms with van der Waals surface area (Å²) in [5.74, 6) is 2.39. The number of rotatable bonds is 8. The van der Waals surface area contributed by atoms with Crippen molar-refractivity contribution >= 4 is 23.4 Å². The molecule has 1 amide bonds. The van der Waals surface area contributed by atoms with Gasteiger partial charge in [-0.25, -0.2) is 4.85 Å². The van der Waals surface area contributed by atoms with Gasteiger partial charge in [-0.3, -0.25) is 4.79 Å². The fourth-order valence-electron chi connectivity index (χ4n) is 5.70. The van der Waals surface area contributed by atoms with Gasteiger partial charge in [-0.1, -0.05) is 55.9 Å². The van der Waals surface area contributed by atoms with Crippen LogP contribution >= 0.6 is 0 Å². The zero-order chi connectivity index (χ0) is 25.6. The van der Waals surface area contributed by atoms with Crippen molar-refractivity contribution < 1.29 is 4.79 Å². The highest BCUT2D eigenvalue weighted by Gasteiger charge is 2.29. The summed E-state index contributed by atoms with van der Waals surface area (Å²) < 4.78 is 1.93. The molecule has 1 fully saturated rings. The maximum atomic E-state index is 13.8. The van der Waals surface area contributed by atoms with E-state index in [-0.39, 0.29) is 11.9 Å². The molecule has 8 heteroatoms. The number of fused-ring (bicyclic) bond motifs is 1. The van der Waals surface area contributed by atoms with Crippen LogP contribution in [0.25, 0.3) is 10.7 Å². The molecule has 0 bridgehead atoms. The van der Waals surface area contributed by atoms with Crippen LogP contribution in [-0.2, 0) is 11.2 Å². The molecule has 3 aromatic rings. The lowest BCUT2D eigenvalue weighted by Gasteiger charge is -2.31. The second-order valence-electron chi connectivity index (χ2n) is 10.2. The Labute approximate surface area is 218 Å². The summed E-state index contributed by atoms with van der Waals surface area (Å²) in [6.45, 7) is 7.33. The number of anilines is 2. The van der Waals surface area contributed by atoms with Crippen molar-refractivity contribution in [3.8, 4) is 5.82 Å². The van der Waals surface area contributed by atoms with E-state index >= 15 is 0 Å². The fraction of sp³-hybridized carbons (Fsp3) is 0.448. The highest BCUT2D eigenvalue weighted by Crippen LogP contribution is 2.33. The predicted octanol–water partition coefficient (Wildman–Crippen LogP) is 5.80. The lowest BCUT2D eigenvalue weighted by molar-refractivity contribution is -0.123. The molecule has 0 aliphatic heterocycles. The van der Waals surface area contributed by atoms with Crippen molar-refractivity contribution in [1.82, 2.24) is 19.9 Å². The third kappa shape index (κ3) is 5.93. The minimum absolute atomic E-state index is 0.00446. The largest absolute Gasteiger partial charge is 0.358 e. The Hall–Kier alpha value is -3.86. The number of carbonyl (C=O) groups excluding carboxylic acids is 1. The molecule has 1 saturated carbocycles. The molecular weight excluding hydrogens is 462 g/mol. The van der Waals surface area contributed by atoms with E-state index in [0.717, 1.165) is 49.9 Å². The van der Waals surface area contributed by atoms with E-state index in [1.165, 1.54) is 24.8 Å². The van der Waals surface area contributed by atoms with Crippen LogP contribution in [-0.4, -0.2) is 33.5 Å². The van der Waals surface area contributed by atoms with Gasteiger partial charge in [0.05, 0.1) is 12.6 Å². The van der Waals surface area contributed by atoms with E-state index in [2.05, 4.69) is 30.8 Å². The normalized spacial score (nSPS) is 18.3. The molecule has 2 aliphatic rings. The van der Waals surface area contributed by atoms with E-state index in [1.54, 1.807) is 7.05 Å². The van der Waals surface area contributed by atoms with Crippen LogP contribution in [0, 0.1) is 12.5 Å². The van der Waals surface area contributed by atoms with E-state index in [1.807, 2.05) is 53.4 Å². The first kappa shape index (κ1) is 24.8. The summed E-state index contributed by atoms with van der Waals surface area (Å²) in [7, 11) is 1.80. The molecule has 0 saturated heterocycles. The van der Waals surface area contributed by atoms with E-state index in [9.17, 15) is 4.79 Å². The predicted molar refractivity (Wildman–Crippen MR) is 146 cm³/mol. The van der Waals surface area contributed by atoms with E-state index in [0.29, 0.717) is 23.4 Å². The van der Waals surface area contributed by atoms with Gasteiger partial charge in [0.15, 0.2) is 5.69 Å². The Morgan fingerprint density at radius 2 is 1.92 bits per heavy atom. The summed E-state index contributed by atoms with van der Waals surface area (Å²) in [4.78, 5) is 26.6. The minimum atomic E-state index is -0.395. The lowest BCUT2D eigenvalue weighted by Crippen LogP contribution is -2.43. The van der Waals surface area contributed by atoms with Crippen LogP contribution in [0.2, 0.25) is 0 Å². The van der Waals surface area contributed by atoms with Gasteiger partial charge in [0, 0.05) is 25.5 Å². The number of benzene rings is 1. The molecule has 192 valence electrons. The topological polar surface area (TPSA) is 88.2 Å². The maximum absolute atomic E-state index is 13.8. The van der Waals surface area contributed by atoms with Gasteiger partial charge in [0.25, 0.3) is 0 Å². The molecule has 5 rings (SSSR count). The molecule has 8 nitrogen and oxygen atoms in total. The highest BCUT2D eigenvalue weighted by molar-refractivity contribution is 5.85. The van der Waals surface area contributed by atoms with Crippen molar-refractivity contribution in [2.45, 2.75) is 69.9 Å². The molecule has 3 N–H and O–H groups in total. The third-order valence-corrected chi connectivity index (χ3v) is 7.62. The molecule has 2 atom stereocenters. The van der Waals surface area contributed by atoms with Crippen LogP contribution < -0.4 is 16.0 Å². The monoisotopic (exact) mass is 497 g/mol. The van der Waals surface area contributed by atoms with Crippen LogP contribution in [0.3, 0.4) is 0 Å². The average molecular weight is 498 g/mol. The summed E-state index contributed by atoms with van der Waals surface area (Å²) >= 11 is 0. The smallest absolute Gasteiger partial charge is 0.243 e. The molecule has 2 aromatic heterocycles. The van der Waals surface area contributed by atoms with Crippen LogP contribution in [0.4, 0.5) is 17.5 Å². The van der Waals surface area contributed by atoms with Crippen LogP contribution in [0.1, 0.15) is 68.5 Å². The molecule has 0 spiro atoms. The molecule has 1 aromatic carbocycles. The zero-order valence-electron chi connectivity index (χ0n) is 21.4. The van der Waals surface area contributed by atoms with Gasteiger partial charge < -0.3 is 20.5 Å². The number of hydrogen-bond acceptors (Lipinski definition) is 5. The third-order valence-electron chi connectivity index (χ3n) is 7.62. The SMILES string of the molecule is [C-]#[N+]c1ccc2c(c1)CCC[C@H]2NC(=O)C(CC1CCCCC1)Nc1cc(-n2cccc2)nc(NC)n1. The zero-order valence-corrected chi connectivity index (χ0v) is 21.4. The van der Waals surface area contributed by atoms with Gasteiger partial charge >= 0.3 is 0 Å².